The van der Waals surface area contributed by atoms with Crippen LogP contribution in [0.5, 0.6) is 0 Å². The third-order valence-electron chi connectivity index (χ3n) is 4.20. The van der Waals surface area contributed by atoms with E-state index in [0.717, 1.165) is 5.56 Å². The van der Waals surface area contributed by atoms with Crippen LogP contribution in [0.15, 0.2) is 30.3 Å². The van der Waals surface area contributed by atoms with Gasteiger partial charge < -0.3 is 9.59 Å². The molecule has 1 aromatic carbocycles. The molecule has 2 heteroatoms. The second kappa shape index (κ2) is 3.86. The van der Waals surface area contributed by atoms with Gasteiger partial charge in [-0.25, -0.2) is 0 Å². The average molecular weight is 222 g/mol. The second-order valence-electron chi connectivity index (χ2n) is 6.01. The predicted octanol–water partition coefficient (Wildman–Crippen LogP) is 2.38. The van der Waals surface area contributed by atoms with Gasteiger partial charge in [-0.3, -0.25) is 0 Å². The summed E-state index contributed by atoms with van der Waals surface area (Å²) in [5.41, 5.74) is -0.158. The van der Waals surface area contributed by atoms with E-state index in [9.17, 15) is 5.11 Å². The Bertz CT molecular complexity index is 347. The van der Waals surface area contributed by atoms with E-state index in [4.69, 9.17) is 0 Å². The van der Waals surface area contributed by atoms with E-state index < -0.39 is 5.60 Å². The van der Waals surface area contributed by atoms with E-state index in [2.05, 4.69) is 35.0 Å². The Hall–Kier alpha value is -0.860. The lowest BCUT2D eigenvalue weighted by Gasteiger charge is -2.49. The molecule has 0 aliphatic rings. The highest BCUT2D eigenvalue weighted by Crippen LogP contribution is 2.38. The maximum atomic E-state index is 10.8. The number of hydrogen-bond donors (Lipinski definition) is 1. The summed E-state index contributed by atoms with van der Waals surface area (Å²) in [5.74, 6) is 0. The minimum Gasteiger partial charge on any atom is -0.379 e. The Labute approximate surface area is 99.1 Å². The van der Waals surface area contributed by atoms with Crippen LogP contribution in [0.25, 0.3) is 0 Å². The van der Waals surface area contributed by atoms with Gasteiger partial charge in [0, 0.05) is 0 Å². The summed E-state index contributed by atoms with van der Waals surface area (Å²) in [6, 6.07) is 9.87. The Kier molecular flexibility index (Phi) is 3.19. The molecule has 0 fully saturated rings. The van der Waals surface area contributed by atoms with Crippen molar-refractivity contribution in [2.24, 2.45) is 0 Å². The van der Waals surface area contributed by atoms with Gasteiger partial charge >= 0.3 is 0 Å². The van der Waals surface area contributed by atoms with Crippen molar-refractivity contribution in [3.05, 3.63) is 35.9 Å². The molecule has 0 saturated heterocycles. The van der Waals surface area contributed by atoms with Crippen LogP contribution in [-0.2, 0) is 5.60 Å². The Balaban J connectivity index is 3.22. The first-order valence-corrected chi connectivity index (χ1v) is 5.70. The van der Waals surface area contributed by atoms with Gasteiger partial charge in [-0.15, -0.1) is 0 Å². The van der Waals surface area contributed by atoms with E-state index in [1.54, 1.807) is 0 Å². The van der Waals surface area contributed by atoms with Crippen LogP contribution >= 0.6 is 0 Å². The lowest BCUT2D eigenvalue weighted by atomic mass is 9.76. The minimum absolute atomic E-state index is 0.269. The molecular weight excluding hydrogens is 198 g/mol. The van der Waals surface area contributed by atoms with Crippen LogP contribution in [0.1, 0.15) is 26.3 Å². The SMILES string of the molecule is CC(O)(c1ccccc1)C(C)(C)[N+](C)(C)C. The summed E-state index contributed by atoms with van der Waals surface area (Å²) in [7, 11) is 6.33. The third-order valence-corrected chi connectivity index (χ3v) is 4.20. The van der Waals surface area contributed by atoms with Crippen LogP contribution in [0.3, 0.4) is 0 Å². The summed E-state index contributed by atoms with van der Waals surface area (Å²) in [6.07, 6.45) is 0. The highest BCUT2D eigenvalue weighted by Gasteiger charge is 2.50. The van der Waals surface area contributed by atoms with Crippen LogP contribution in [0.4, 0.5) is 0 Å². The fraction of sp³-hybridized carbons (Fsp3) is 0.571. The quantitative estimate of drug-likeness (QED) is 0.779. The molecule has 16 heavy (non-hydrogen) atoms. The van der Waals surface area contributed by atoms with E-state index in [0.29, 0.717) is 4.48 Å². The van der Waals surface area contributed by atoms with Gasteiger partial charge in [0.05, 0.1) is 21.1 Å². The molecule has 0 heterocycles. The first-order chi connectivity index (χ1) is 7.11. The summed E-state index contributed by atoms with van der Waals surface area (Å²) in [4.78, 5) is 0. The van der Waals surface area contributed by atoms with Crippen molar-refractivity contribution in [1.29, 1.82) is 0 Å². The molecule has 0 radical (unpaired) electrons. The minimum atomic E-state index is -0.855. The van der Waals surface area contributed by atoms with Gasteiger partial charge in [-0.1, -0.05) is 30.3 Å². The summed E-state index contributed by atoms with van der Waals surface area (Å²) in [5, 5.41) is 10.8. The molecule has 0 aliphatic carbocycles. The van der Waals surface area contributed by atoms with Gasteiger partial charge in [-0.05, 0) is 26.3 Å². The smallest absolute Gasteiger partial charge is 0.140 e. The lowest BCUT2D eigenvalue weighted by Crippen LogP contribution is -2.63. The van der Waals surface area contributed by atoms with Gasteiger partial charge in [0.1, 0.15) is 11.1 Å². The molecule has 1 aromatic rings. The van der Waals surface area contributed by atoms with Crippen LogP contribution < -0.4 is 0 Å². The molecular formula is C14H24NO+. The number of benzene rings is 1. The van der Waals surface area contributed by atoms with Crippen molar-refractivity contribution in [1.82, 2.24) is 0 Å². The zero-order chi connectivity index (χ0) is 12.6. The van der Waals surface area contributed by atoms with Gasteiger partial charge in [0.15, 0.2) is 0 Å². The highest BCUT2D eigenvalue weighted by atomic mass is 16.3. The van der Waals surface area contributed by atoms with E-state index >= 15 is 0 Å². The van der Waals surface area contributed by atoms with E-state index in [1.165, 1.54) is 0 Å². The maximum absolute atomic E-state index is 10.8. The van der Waals surface area contributed by atoms with Crippen molar-refractivity contribution >= 4 is 0 Å². The zero-order valence-electron chi connectivity index (χ0n) is 11.3. The molecule has 1 rings (SSSR count). The molecule has 1 atom stereocenters. The molecule has 1 N–H and O–H groups in total. The van der Waals surface area contributed by atoms with Crippen molar-refractivity contribution in [2.45, 2.75) is 31.9 Å². The largest absolute Gasteiger partial charge is 0.379 e. The molecule has 0 aromatic heterocycles. The fourth-order valence-corrected chi connectivity index (χ4v) is 1.77. The average Bonchev–Trinajstić information content (AvgIpc) is 2.17. The van der Waals surface area contributed by atoms with Gasteiger partial charge in [0.25, 0.3) is 0 Å². The molecule has 0 aliphatic heterocycles. The number of quaternary nitrogens is 1. The standard InChI is InChI=1S/C14H24NO/c1-13(2,15(4,5)6)14(3,16)12-10-8-7-9-11-12/h7-11,16H,1-6H3/q+1. The fourth-order valence-electron chi connectivity index (χ4n) is 1.77. The number of aliphatic hydroxyl groups is 1. The van der Waals surface area contributed by atoms with Crippen LogP contribution in [0.2, 0.25) is 0 Å². The van der Waals surface area contributed by atoms with Crippen molar-refractivity contribution in [3.63, 3.8) is 0 Å². The van der Waals surface area contributed by atoms with Crippen molar-refractivity contribution < 1.29 is 9.59 Å². The van der Waals surface area contributed by atoms with E-state index in [1.807, 2.05) is 37.3 Å². The molecule has 0 bridgehead atoms. The highest BCUT2D eigenvalue weighted by molar-refractivity contribution is 5.24. The maximum Gasteiger partial charge on any atom is 0.140 e. The molecule has 90 valence electrons. The number of nitrogens with zero attached hydrogens (tertiary/aromatic N) is 1. The van der Waals surface area contributed by atoms with Crippen molar-refractivity contribution in [2.75, 3.05) is 21.1 Å². The first kappa shape index (κ1) is 13.2. The first-order valence-electron chi connectivity index (χ1n) is 5.70. The topological polar surface area (TPSA) is 20.2 Å². The lowest BCUT2D eigenvalue weighted by molar-refractivity contribution is -0.929. The van der Waals surface area contributed by atoms with Crippen molar-refractivity contribution in [3.8, 4) is 0 Å². The predicted molar refractivity (Wildman–Crippen MR) is 68.1 cm³/mol. The van der Waals surface area contributed by atoms with Gasteiger partial charge in [-0.2, -0.15) is 0 Å². The third kappa shape index (κ3) is 2.00. The summed E-state index contributed by atoms with van der Waals surface area (Å²) < 4.78 is 0.703. The van der Waals surface area contributed by atoms with Crippen LogP contribution in [0, 0.1) is 0 Å². The molecule has 0 saturated carbocycles. The molecule has 0 spiro atoms. The van der Waals surface area contributed by atoms with Crippen LogP contribution in [-0.4, -0.2) is 36.3 Å². The Morgan fingerprint density at radius 2 is 1.38 bits per heavy atom. The second-order valence-corrected chi connectivity index (χ2v) is 6.01. The zero-order valence-corrected chi connectivity index (χ0v) is 11.3. The molecule has 1 unspecified atom stereocenters. The summed E-state index contributed by atoms with van der Waals surface area (Å²) >= 11 is 0. The number of likely N-dealkylation sites (N-methyl/N-ethyl adjacent to an activating group) is 1. The number of hydrogen-bond acceptors (Lipinski definition) is 1. The number of rotatable bonds is 3. The normalized spacial score (nSPS) is 16.9. The summed E-state index contributed by atoms with van der Waals surface area (Å²) in [6.45, 7) is 6.09. The van der Waals surface area contributed by atoms with Gasteiger partial charge in [0.2, 0.25) is 0 Å². The monoisotopic (exact) mass is 222 g/mol. The Morgan fingerprint density at radius 1 is 0.938 bits per heavy atom. The molecule has 0 amide bonds. The van der Waals surface area contributed by atoms with E-state index in [-0.39, 0.29) is 5.54 Å². The Morgan fingerprint density at radius 3 is 1.75 bits per heavy atom. The molecule has 2 nitrogen and oxygen atoms in total.